The minimum Gasteiger partial charge on any atom is -0.288 e. The van der Waals surface area contributed by atoms with E-state index in [1.807, 2.05) is 0 Å². The molecule has 1 heterocycles. The van der Waals surface area contributed by atoms with Crippen molar-refractivity contribution < 1.29 is 13.3 Å². The molecule has 0 radical (unpaired) electrons. The zero-order valence-electron chi connectivity index (χ0n) is 9.52. The molecule has 0 bridgehead atoms. The lowest BCUT2D eigenvalue weighted by Crippen LogP contribution is -2.07. The summed E-state index contributed by atoms with van der Waals surface area (Å²) in [6.07, 6.45) is 2.11. The molecule has 0 saturated carbocycles. The third-order valence-electron chi connectivity index (χ3n) is 2.75. The lowest BCUT2D eigenvalue weighted by Gasteiger charge is -1.99. The number of hydrogen-bond acceptors (Lipinski definition) is 5. The van der Waals surface area contributed by atoms with Gasteiger partial charge in [-0.1, -0.05) is 0 Å². The molecule has 0 aromatic heterocycles. The maximum Gasteiger partial charge on any atom is 0.269 e. The summed E-state index contributed by atoms with van der Waals surface area (Å²) in [7, 11) is -2.92. The number of nitrogens with zero attached hydrogens (tertiary/aromatic N) is 2. The minimum atomic E-state index is -2.92. The van der Waals surface area contributed by atoms with Gasteiger partial charge in [-0.2, -0.15) is 0 Å². The minimum absolute atomic E-state index is 0.0237. The van der Waals surface area contributed by atoms with Crippen LogP contribution in [0, 0.1) is 10.1 Å². The number of hydrogen-bond donors (Lipinski definition) is 0. The van der Waals surface area contributed by atoms with Gasteiger partial charge in [0.1, 0.15) is 0 Å². The van der Waals surface area contributed by atoms with Crippen LogP contribution in [0.25, 0.3) is 0 Å². The van der Waals surface area contributed by atoms with E-state index in [2.05, 4.69) is 4.99 Å². The van der Waals surface area contributed by atoms with Gasteiger partial charge < -0.3 is 0 Å². The van der Waals surface area contributed by atoms with Gasteiger partial charge in [-0.05, 0) is 24.1 Å². The summed E-state index contributed by atoms with van der Waals surface area (Å²) in [5, 5.41) is 10.5. The molecule has 1 aromatic rings. The average molecular weight is 268 g/mol. The molecule has 7 heteroatoms. The van der Waals surface area contributed by atoms with Crippen molar-refractivity contribution in [2.24, 2.45) is 4.99 Å². The molecule has 1 aliphatic rings. The Morgan fingerprint density at radius 1 is 1.33 bits per heavy atom. The fourth-order valence-corrected chi connectivity index (χ4v) is 3.40. The van der Waals surface area contributed by atoms with Gasteiger partial charge in [0.15, 0.2) is 9.84 Å². The number of benzene rings is 1. The maximum atomic E-state index is 11.2. The quantitative estimate of drug-likeness (QED) is 0.468. The Morgan fingerprint density at radius 2 is 2.00 bits per heavy atom. The smallest absolute Gasteiger partial charge is 0.269 e. The predicted molar refractivity (Wildman–Crippen MR) is 67.7 cm³/mol. The van der Waals surface area contributed by atoms with Crippen LogP contribution in [0.15, 0.2) is 29.3 Å². The van der Waals surface area contributed by atoms with Gasteiger partial charge in [-0.25, -0.2) is 8.42 Å². The zero-order chi connectivity index (χ0) is 13.2. The predicted octanol–water partition coefficient (Wildman–Crippen LogP) is 1.20. The molecule has 1 atom stereocenters. The summed E-state index contributed by atoms with van der Waals surface area (Å²) in [6, 6.07) is 5.78. The van der Waals surface area contributed by atoms with E-state index in [0.717, 1.165) is 5.56 Å². The van der Waals surface area contributed by atoms with Gasteiger partial charge >= 0.3 is 0 Å². The zero-order valence-corrected chi connectivity index (χ0v) is 10.3. The van der Waals surface area contributed by atoms with Gasteiger partial charge in [-0.3, -0.25) is 15.1 Å². The SMILES string of the molecule is O=[N+]([O-])c1ccc(C=NC2CCS(=O)(=O)C2)cc1. The van der Waals surface area contributed by atoms with Crippen LogP contribution in [0.3, 0.4) is 0 Å². The van der Waals surface area contributed by atoms with E-state index in [1.165, 1.54) is 12.1 Å². The second-order valence-electron chi connectivity index (χ2n) is 4.18. The van der Waals surface area contributed by atoms with Crippen LogP contribution in [0.1, 0.15) is 12.0 Å². The van der Waals surface area contributed by atoms with Crippen molar-refractivity contribution in [3.8, 4) is 0 Å². The summed E-state index contributed by atoms with van der Waals surface area (Å²) in [4.78, 5) is 14.2. The second kappa shape index (κ2) is 4.85. The van der Waals surface area contributed by atoms with Crippen LogP contribution >= 0.6 is 0 Å². The van der Waals surface area contributed by atoms with E-state index in [4.69, 9.17) is 0 Å². The van der Waals surface area contributed by atoms with Crippen molar-refractivity contribution in [3.63, 3.8) is 0 Å². The van der Waals surface area contributed by atoms with E-state index in [0.29, 0.717) is 6.42 Å². The normalized spacial score (nSPS) is 22.3. The first-order valence-electron chi connectivity index (χ1n) is 5.44. The highest BCUT2D eigenvalue weighted by atomic mass is 32.2. The fourth-order valence-electron chi connectivity index (χ4n) is 1.77. The van der Waals surface area contributed by atoms with E-state index in [1.54, 1.807) is 18.3 Å². The van der Waals surface area contributed by atoms with E-state index in [-0.39, 0.29) is 23.2 Å². The molecule has 1 aliphatic heterocycles. The van der Waals surface area contributed by atoms with Crippen molar-refractivity contribution in [1.29, 1.82) is 0 Å². The van der Waals surface area contributed by atoms with E-state index < -0.39 is 14.8 Å². The van der Waals surface area contributed by atoms with Crippen LogP contribution in [0.5, 0.6) is 0 Å². The average Bonchev–Trinajstić information content (AvgIpc) is 2.67. The Balaban J connectivity index is 2.03. The summed E-state index contributed by atoms with van der Waals surface area (Å²) in [5.74, 6) is 0.283. The van der Waals surface area contributed by atoms with Gasteiger partial charge in [-0.15, -0.1) is 0 Å². The van der Waals surface area contributed by atoms with E-state index >= 15 is 0 Å². The first kappa shape index (κ1) is 12.7. The molecule has 18 heavy (non-hydrogen) atoms. The Kier molecular flexibility index (Phi) is 3.42. The van der Waals surface area contributed by atoms with Gasteiger partial charge in [0.05, 0.1) is 22.5 Å². The molecule has 0 N–H and O–H groups in total. The topological polar surface area (TPSA) is 89.6 Å². The molecule has 1 unspecified atom stereocenters. The molecule has 0 spiro atoms. The molecule has 1 fully saturated rings. The van der Waals surface area contributed by atoms with Crippen molar-refractivity contribution in [2.75, 3.05) is 11.5 Å². The molecular formula is C11H12N2O4S. The van der Waals surface area contributed by atoms with Gasteiger partial charge in [0.25, 0.3) is 5.69 Å². The molecule has 2 rings (SSSR count). The highest BCUT2D eigenvalue weighted by molar-refractivity contribution is 7.91. The van der Waals surface area contributed by atoms with Gasteiger partial charge in [0.2, 0.25) is 0 Å². The number of sulfone groups is 1. The lowest BCUT2D eigenvalue weighted by atomic mass is 10.2. The maximum absolute atomic E-state index is 11.2. The standard InChI is InChI=1S/C11H12N2O4S/c14-13(15)11-3-1-9(2-4-11)7-12-10-5-6-18(16,17)8-10/h1-4,7,10H,5-6,8H2. The summed E-state index contributed by atoms with van der Waals surface area (Å²) < 4.78 is 22.4. The van der Waals surface area contributed by atoms with E-state index in [9.17, 15) is 18.5 Å². The fraction of sp³-hybridized carbons (Fsp3) is 0.364. The Labute approximate surface area is 104 Å². The summed E-state index contributed by atoms with van der Waals surface area (Å²) in [5.41, 5.74) is 0.750. The molecule has 0 aliphatic carbocycles. The first-order chi connectivity index (χ1) is 8.46. The molecule has 96 valence electrons. The molecule has 1 saturated heterocycles. The second-order valence-corrected chi connectivity index (χ2v) is 6.41. The number of nitro groups is 1. The monoisotopic (exact) mass is 268 g/mol. The lowest BCUT2D eigenvalue weighted by molar-refractivity contribution is -0.384. The molecule has 1 aromatic carbocycles. The van der Waals surface area contributed by atoms with Crippen LogP contribution in [-0.2, 0) is 9.84 Å². The highest BCUT2D eigenvalue weighted by Gasteiger charge is 2.26. The van der Waals surface area contributed by atoms with Crippen molar-refractivity contribution >= 4 is 21.7 Å². The molecular weight excluding hydrogens is 256 g/mol. The Morgan fingerprint density at radius 3 is 2.50 bits per heavy atom. The third-order valence-corrected chi connectivity index (χ3v) is 4.50. The Bertz CT molecular complexity index is 578. The molecule has 0 amide bonds. The third kappa shape index (κ3) is 3.13. The largest absolute Gasteiger partial charge is 0.288 e. The number of non-ortho nitro benzene ring substituents is 1. The first-order valence-corrected chi connectivity index (χ1v) is 7.26. The van der Waals surface area contributed by atoms with Crippen LogP contribution < -0.4 is 0 Å². The Hall–Kier alpha value is -1.76. The summed E-state index contributed by atoms with van der Waals surface area (Å²) >= 11 is 0. The molecule has 6 nitrogen and oxygen atoms in total. The van der Waals surface area contributed by atoms with Crippen LogP contribution in [-0.4, -0.2) is 37.1 Å². The summed E-state index contributed by atoms with van der Waals surface area (Å²) in [6.45, 7) is 0. The number of rotatable bonds is 3. The highest BCUT2D eigenvalue weighted by Crippen LogP contribution is 2.15. The van der Waals surface area contributed by atoms with Crippen LogP contribution in [0.2, 0.25) is 0 Å². The van der Waals surface area contributed by atoms with Crippen molar-refractivity contribution in [3.05, 3.63) is 39.9 Å². The van der Waals surface area contributed by atoms with Crippen molar-refractivity contribution in [2.45, 2.75) is 12.5 Å². The van der Waals surface area contributed by atoms with Crippen molar-refractivity contribution in [1.82, 2.24) is 0 Å². The number of aliphatic imine (C=N–C) groups is 1. The number of nitro benzene ring substituents is 1. The van der Waals surface area contributed by atoms with Gasteiger partial charge in [0, 0.05) is 18.3 Å². The van der Waals surface area contributed by atoms with Crippen LogP contribution in [0.4, 0.5) is 5.69 Å².